The van der Waals surface area contributed by atoms with E-state index in [9.17, 15) is 8.42 Å². The molecule has 4 nitrogen and oxygen atoms in total. The summed E-state index contributed by atoms with van der Waals surface area (Å²) >= 11 is 6.83. The molecule has 1 saturated heterocycles. The number of rotatable bonds is 2. The Balaban J connectivity index is 0.00000144. The maximum Gasteiger partial charge on any atom is 0.252 e. The highest BCUT2D eigenvalue weighted by atomic mass is 35.5. The van der Waals surface area contributed by atoms with E-state index in [1.54, 1.807) is 12.1 Å². The Kier molecular flexibility index (Phi) is 5.24. The largest absolute Gasteiger partial charge is 0.327 e. The van der Waals surface area contributed by atoms with Gasteiger partial charge in [-0.2, -0.15) is 4.31 Å². The van der Waals surface area contributed by atoms with E-state index in [1.165, 1.54) is 4.31 Å². The van der Waals surface area contributed by atoms with Crippen LogP contribution < -0.4 is 5.73 Å². The molecule has 0 saturated carbocycles. The Morgan fingerprint density at radius 1 is 1.47 bits per heavy atom. The van der Waals surface area contributed by atoms with Gasteiger partial charge in [-0.15, -0.1) is 23.7 Å². The van der Waals surface area contributed by atoms with E-state index in [-0.39, 0.29) is 18.4 Å². The van der Waals surface area contributed by atoms with Gasteiger partial charge in [0.15, 0.2) is 0 Å². The number of thiophene rings is 1. The maximum absolute atomic E-state index is 12.2. The number of nitrogens with two attached hydrogens (primary N) is 1. The van der Waals surface area contributed by atoms with E-state index in [2.05, 4.69) is 0 Å². The topological polar surface area (TPSA) is 63.4 Å². The Labute approximate surface area is 116 Å². The van der Waals surface area contributed by atoms with Gasteiger partial charge in [0.25, 0.3) is 10.0 Å². The van der Waals surface area contributed by atoms with Crippen molar-refractivity contribution in [3.8, 4) is 0 Å². The molecule has 1 atom stereocenters. The second kappa shape index (κ2) is 5.86. The molecular formula is C9H14Cl2N2O2S2. The third kappa shape index (κ3) is 3.33. The molecule has 0 amide bonds. The van der Waals surface area contributed by atoms with Crippen LogP contribution >= 0.6 is 35.3 Å². The lowest BCUT2D eigenvalue weighted by Gasteiger charge is -2.29. The first-order valence-corrected chi connectivity index (χ1v) is 7.64. The summed E-state index contributed by atoms with van der Waals surface area (Å²) in [6, 6.07) is 3.09. The Morgan fingerprint density at radius 3 is 2.71 bits per heavy atom. The van der Waals surface area contributed by atoms with Crippen LogP contribution in [0.1, 0.15) is 12.8 Å². The minimum absolute atomic E-state index is 0. The zero-order valence-corrected chi connectivity index (χ0v) is 12.2. The van der Waals surface area contributed by atoms with Crippen molar-refractivity contribution in [2.24, 2.45) is 5.73 Å². The summed E-state index contributed by atoms with van der Waals surface area (Å²) in [5.41, 5.74) is 5.78. The SMILES string of the molecule is Cl.NC1CCCN(S(=O)(=O)c2ccc(Cl)s2)C1. The summed E-state index contributed by atoms with van der Waals surface area (Å²) in [5, 5.41) is 0. The first-order chi connectivity index (χ1) is 7.50. The quantitative estimate of drug-likeness (QED) is 0.906. The fourth-order valence-electron chi connectivity index (χ4n) is 1.76. The van der Waals surface area contributed by atoms with Crippen molar-refractivity contribution in [1.82, 2.24) is 4.31 Å². The highest BCUT2D eigenvalue weighted by Crippen LogP contribution is 2.29. The van der Waals surface area contributed by atoms with Gasteiger partial charge >= 0.3 is 0 Å². The molecule has 1 aromatic rings. The Bertz CT molecular complexity index is 475. The van der Waals surface area contributed by atoms with Crippen molar-refractivity contribution in [3.05, 3.63) is 16.5 Å². The molecule has 1 aliphatic heterocycles. The fourth-order valence-corrected chi connectivity index (χ4v) is 4.93. The highest BCUT2D eigenvalue weighted by Gasteiger charge is 2.29. The summed E-state index contributed by atoms with van der Waals surface area (Å²) in [5.74, 6) is 0. The van der Waals surface area contributed by atoms with Gasteiger partial charge in [0.1, 0.15) is 4.21 Å². The van der Waals surface area contributed by atoms with Gasteiger partial charge in [0.05, 0.1) is 4.34 Å². The molecule has 2 N–H and O–H groups in total. The van der Waals surface area contributed by atoms with Crippen LogP contribution in [0.5, 0.6) is 0 Å². The molecule has 0 aliphatic carbocycles. The zero-order chi connectivity index (χ0) is 11.8. The normalized spacial score (nSPS) is 22.1. The van der Waals surface area contributed by atoms with Crippen LogP contribution in [0.15, 0.2) is 16.3 Å². The van der Waals surface area contributed by atoms with Crippen molar-refractivity contribution in [2.75, 3.05) is 13.1 Å². The molecule has 8 heteroatoms. The molecule has 17 heavy (non-hydrogen) atoms. The van der Waals surface area contributed by atoms with Gasteiger partial charge < -0.3 is 5.73 Å². The minimum Gasteiger partial charge on any atom is -0.327 e. The van der Waals surface area contributed by atoms with Gasteiger partial charge in [0, 0.05) is 19.1 Å². The van der Waals surface area contributed by atoms with E-state index < -0.39 is 10.0 Å². The third-order valence-electron chi connectivity index (χ3n) is 2.56. The van der Waals surface area contributed by atoms with Crippen LogP contribution in [0.25, 0.3) is 0 Å². The Hall–Kier alpha value is 0.150. The van der Waals surface area contributed by atoms with Crippen LogP contribution in [-0.2, 0) is 10.0 Å². The van der Waals surface area contributed by atoms with Gasteiger partial charge in [-0.25, -0.2) is 8.42 Å². The number of halogens is 2. The molecule has 1 aromatic heterocycles. The minimum atomic E-state index is -3.39. The van der Waals surface area contributed by atoms with Crippen molar-refractivity contribution in [1.29, 1.82) is 0 Å². The lowest BCUT2D eigenvalue weighted by molar-refractivity contribution is 0.316. The van der Waals surface area contributed by atoms with Gasteiger partial charge in [0.2, 0.25) is 0 Å². The van der Waals surface area contributed by atoms with Crippen molar-refractivity contribution < 1.29 is 8.42 Å². The van der Waals surface area contributed by atoms with Gasteiger partial charge in [-0.05, 0) is 25.0 Å². The lowest BCUT2D eigenvalue weighted by atomic mass is 10.1. The predicted octanol–water partition coefficient (Wildman–Crippen LogP) is 1.94. The van der Waals surface area contributed by atoms with E-state index >= 15 is 0 Å². The van der Waals surface area contributed by atoms with E-state index in [4.69, 9.17) is 17.3 Å². The number of nitrogens with zero attached hydrogens (tertiary/aromatic N) is 1. The molecule has 0 spiro atoms. The zero-order valence-electron chi connectivity index (χ0n) is 9.00. The summed E-state index contributed by atoms with van der Waals surface area (Å²) in [7, 11) is -3.39. The molecular weight excluding hydrogens is 303 g/mol. The number of sulfonamides is 1. The fraction of sp³-hybridized carbons (Fsp3) is 0.556. The Morgan fingerprint density at radius 2 is 2.18 bits per heavy atom. The van der Waals surface area contributed by atoms with Crippen LogP contribution in [0, 0.1) is 0 Å². The predicted molar refractivity (Wildman–Crippen MR) is 72.5 cm³/mol. The maximum atomic E-state index is 12.2. The second-order valence-corrected chi connectivity index (χ2v) is 7.70. The van der Waals surface area contributed by atoms with Crippen molar-refractivity contribution >= 4 is 45.4 Å². The second-order valence-electron chi connectivity index (χ2n) is 3.82. The molecule has 1 unspecified atom stereocenters. The molecule has 1 fully saturated rings. The molecule has 2 rings (SSSR count). The average Bonchev–Trinajstić information content (AvgIpc) is 2.65. The average molecular weight is 317 g/mol. The van der Waals surface area contributed by atoms with Crippen molar-refractivity contribution in [3.63, 3.8) is 0 Å². The molecule has 0 aromatic carbocycles. The molecule has 0 bridgehead atoms. The first-order valence-electron chi connectivity index (χ1n) is 5.01. The smallest absolute Gasteiger partial charge is 0.252 e. The standard InChI is InChI=1S/C9H13ClN2O2S2.ClH/c10-8-3-4-9(15-8)16(13,14)12-5-1-2-7(11)6-12;/h3-4,7H,1-2,5-6,11H2;1H. The van der Waals surface area contributed by atoms with Gasteiger partial charge in [-0.3, -0.25) is 0 Å². The lowest BCUT2D eigenvalue weighted by Crippen LogP contribution is -2.45. The van der Waals surface area contributed by atoms with Crippen LogP contribution in [-0.4, -0.2) is 31.9 Å². The van der Waals surface area contributed by atoms with E-state index in [0.717, 1.165) is 24.2 Å². The summed E-state index contributed by atoms with van der Waals surface area (Å²) in [6.07, 6.45) is 1.71. The monoisotopic (exact) mass is 316 g/mol. The van der Waals surface area contributed by atoms with E-state index in [1.807, 2.05) is 0 Å². The first kappa shape index (κ1) is 15.2. The molecule has 1 aliphatic rings. The highest BCUT2D eigenvalue weighted by molar-refractivity contribution is 7.91. The number of hydrogen-bond donors (Lipinski definition) is 1. The summed E-state index contributed by atoms with van der Waals surface area (Å²) < 4.78 is 26.6. The molecule has 98 valence electrons. The number of piperidine rings is 1. The summed E-state index contributed by atoms with van der Waals surface area (Å²) in [6.45, 7) is 0.948. The van der Waals surface area contributed by atoms with Crippen LogP contribution in [0.3, 0.4) is 0 Å². The van der Waals surface area contributed by atoms with Crippen molar-refractivity contribution in [2.45, 2.75) is 23.1 Å². The van der Waals surface area contributed by atoms with Crippen LogP contribution in [0.4, 0.5) is 0 Å². The molecule has 0 radical (unpaired) electrons. The third-order valence-corrected chi connectivity index (χ3v) is 6.13. The van der Waals surface area contributed by atoms with Gasteiger partial charge in [-0.1, -0.05) is 11.6 Å². The summed E-state index contributed by atoms with van der Waals surface area (Å²) in [4.78, 5) is 0. The van der Waals surface area contributed by atoms with Crippen LogP contribution in [0.2, 0.25) is 4.34 Å². The number of hydrogen-bond acceptors (Lipinski definition) is 4. The van der Waals surface area contributed by atoms with E-state index in [0.29, 0.717) is 21.6 Å². The molecule has 2 heterocycles.